The van der Waals surface area contributed by atoms with E-state index in [1.54, 1.807) is 29.2 Å². The van der Waals surface area contributed by atoms with Gasteiger partial charge >= 0.3 is 0 Å². The van der Waals surface area contributed by atoms with Crippen LogP contribution in [0.5, 0.6) is 0 Å². The SMILES string of the molecule is CC.CCc1ccc(S(=O)(=O)N2CCN(C(=O)c3ccco3)CC2)cc1. The number of hydrogen-bond acceptors (Lipinski definition) is 4. The Hall–Kier alpha value is -2.12. The summed E-state index contributed by atoms with van der Waals surface area (Å²) in [5.41, 5.74) is 1.10. The van der Waals surface area contributed by atoms with Crippen LogP contribution in [0.15, 0.2) is 52.0 Å². The molecule has 3 rings (SSSR count). The zero-order valence-corrected chi connectivity index (χ0v) is 16.3. The van der Waals surface area contributed by atoms with Gasteiger partial charge in [-0.25, -0.2) is 8.42 Å². The fourth-order valence-corrected chi connectivity index (χ4v) is 4.16. The van der Waals surface area contributed by atoms with Gasteiger partial charge in [-0.3, -0.25) is 4.79 Å². The fraction of sp³-hybridized carbons (Fsp3) is 0.421. The normalized spacial score (nSPS) is 15.3. The van der Waals surface area contributed by atoms with Crippen molar-refractivity contribution in [1.82, 2.24) is 9.21 Å². The predicted octanol–water partition coefficient (Wildman–Crippen LogP) is 3.01. The average molecular weight is 378 g/mol. The number of carbonyl (C=O) groups is 1. The van der Waals surface area contributed by atoms with Crippen molar-refractivity contribution >= 4 is 15.9 Å². The minimum Gasteiger partial charge on any atom is -0.459 e. The number of aryl methyl sites for hydroxylation is 1. The number of hydrogen-bond donors (Lipinski definition) is 0. The zero-order valence-electron chi connectivity index (χ0n) is 15.5. The Labute approximate surface area is 155 Å². The third-order valence-electron chi connectivity index (χ3n) is 4.23. The van der Waals surface area contributed by atoms with Gasteiger partial charge in [-0.15, -0.1) is 0 Å². The summed E-state index contributed by atoms with van der Waals surface area (Å²) in [6.07, 6.45) is 2.32. The number of amides is 1. The van der Waals surface area contributed by atoms with E-state index in [9.17, 15) is 13.2 Å². The standard InChI is InChI=1S/C17H20N2O4S.C2H6/c1-2-14-5-7-15(8-6-14)24(21,22)19-11-9-18(10-12-19)17(20)16-4-3-13-23-16;1-2/h3-8,13H,2,9-12H2,1H3;1-2H3. The van der Waals surface area contributed by atoms with Crippen molar-refractivity contribution in [2.24, 2.45) is 0 Å². The van der Waals surface area contributed by atoms with E-state index in [1.165, 1.54) is 10.6 Å². The van der Waals surface area contributed by atoms with Gasteiger partial charge in [0, 0.05) is 26.2 Å². The molecule has 0 atom stereocenters. The summed E-state index contributed by atoms with van der Waals surface area (Å²) in [5.74, 6) is 0.0748. The molecule has 6 nitrogen and oxygen atoms in total. The Morgan fingerprint density at radius 2 is 1.65 bits per heavy atom. The summed E-state index contributed by atoms with van der Waals surface area (Å²) in [7, 11) is -3.52. The molecule has 2 aromatic rings. The summed E-state index contributed by atoms with van der Waals surface area (Å²) in [6, 6.07) is 10.2. The number of rotatable bonds is 4. The minimum absolute atomic E-state index is 0.204. The summed E-state index contributed by atoms with van der Waals surface area (Å²) in [4.78, 5) is 14.1. The van der Waals surface area contributed by atoms with Crippen molar-refractivity contribution in [3.63, 3.8) is 0 Å². The molecule has 0 N–H and O–H groups in total. The number of sulfonamides is 1. The number of furan rings is 1. The molecule has 1 aromatic heterocycles. The molecule has 0 radical (unpaired) electrons. The molecular formula is C19H26N2O4S. The maximum Gasteiger partial charge on any atom is 0.289 e. The van der Waals surface area contributed by atoms with Gasteiger partial charge in [0.25, 0.3) is 5.91 Å². The lowest BCUT2D eigenvalue weighted by Gasteiger charge is -2.33. The maximum atomic E-state index is 12.7. The molecule has 0 aliphatic carbocycles. The molecular weight excluding hydrogens is 352 g/mol. The van der Waals surface area contributed by atoms with Crippen LogP contribution < -0.4 is 0 Å². The zero-order chi connectivity index (χ0) is 19.2. The molecule has 0 bridgehead atoms. The van der Waals surface area contributed by atoms with Crippen molar-refractivity contribution in [3.05, 3.63) is 54.0 Å². The Morgan fingerprint density at radius 3 is 2.15 bits per heavy atom. The van der Waals surface area contributed by atoms with Gasteiger partial charge in [0.15, 0.2) is 5.76 Å². The maximum absolute atomic E-state index is 12.7. The molecule has 2 heterocycles. The van der Waals surface area contributed by atoms with Crippen LogP contribution in [0.1, 0.15) is 36.9 Å². The molecule has 1 fully saturated rings. The highest BCUT2D eigenvalue weighted by Gasteiger charge is 2.30. The highest BCUT2D eigenvalue weighted by atomic mass is 32.2. The van der Waals surface area contributed by atoms with E-state index in [-0.39, 0.29) is 24.8 Å². The largest absolute Gasteiger partial charge is 0.459 e. The monoisotopic (exact) mass is 378 g/mol. The van der Waals surface area contributed by atoms with Crippen LogP contribution in [0.25, 0.3) is 0 Å². The van der Waals surface area contributed by atoms with Gasteiger partial charge < -0.3 is 9.32 Å². The van der Waals surface area contributed by atoms with Crippen LogP contribution in [0.4, 0.5) is 0 Å². The van der Waals surface area contributed by atoms with Crippen molar-refractivity contribution < 1.29 is 17.6 Å². The highest BCUT2D eigenvalue weighted by Crippen LogP contribution is 2.19. The molecule has 1 saturated heterocycles. The minimum atomic E-state index is -3.52. The molecule has 1 aliphatic heterocycles. The first kappa shape index (κ1) is 20.2. The van der Waals surface area contributed by atoms with Gasteiger partial charge in [-0.2, -0.15) is 4.31 Å². The van der Waals surface area contributed by atoms with Crippen LogP contribution in [-0.2, 0) is 16.4 Å². The molecule has 1 amide bonds. The van der Waals surface area contributed by atoms with Crippen LogP contribution in [0, 0.1) is 0 Å². The fourth-order valence-electron chi connectivity index (χ4n) is 2.73. The van der Waals surface area contributed by atoms with E-state index < -0.39 is 10.0 Å². The lowest BCUT2D eigenvalue weighted by molar-refractivity contribution is 0.0666. The average Bonchev–Trinajstić information content (AvgIpc) is 3.24. The second kappa shape index (κ2) is 9.00. The summed E-state index contributed by atoms with van der Waals surface area (Å²) in [5, 5.41) is 0. The second-order valence-electron chi connectivity index (χ2n) is 5.67. The first-order valence-electron chi connectivity index (χ1n) is 8.94. The number of nitrogens with zero attached hydrogens (tertiary/aromatic N) is 2. The van der Waals surface area contributed by atoms with Gasteiger partial charge in [0.05, 0.1) is 11.2 Å². The van der Waals surface area contributed by atoms with Crippen molar-refractivity contribution in [1.29, 1.82) is 0 Å². The van der Waals surface area contributed by atoms with E-state index in [0.29, 0.717) is 18.0 Å². The Kier molecular flexibility index (Phi) is 6.99. The van der Waals surface area contributed by atoms with Crippen LogP contribution >= 0.6 is 0 Å². The summed E-state index contributed by atoms with van der Waals surface area (Å²) in [6.45, 7) is 7.30. The Bertz CT molecular complexity index is 791. The third kappa shape index (κ3) is 4.34. The van der Waals surface area contributed by atoms with Gasteiger partial charge in [0.2, 0.25) is 10.0 Å². The Balaban J connectivity index is 0.00000117. The molecule has 1 aromatic carbocycles. The smallest absolute Gasteiger partial charge is 0.289 e. The van der Waals surface area contributed by atoms with Crippen LogP contribution in [-0.4, -0.2) is 49.7 Å². The summed E-state index contributed by atoms with van der Waals surface area (Å²) >= 11 is 0. The first-order chi connectivity index (χ1) is 12.5. The topological polar surface area (TPSA) is 70.8 Å². The molecule has 0 saturated carbocycles. The Morgan fingerprint density at radius 1 is 1.04 bits per heavy atom. The van der Waals surface area contributed by atoms with E-state index in [4.69, 9.17) is 4.42 Å². The van der Waals surface area contributed by atoms with Gasteiger partial charge in [0.1, 0.15) is 0 Å². The van der Waals surface area contributed by atoms with Gasteiger partial charge in [-0.1, -0.05) is 32.9 Å². The lowest BCUT2D eigenvalue weighted by Crippen LogP contribution is -2.50. The summed E-state index contributed by atoms with van der Waals surface area (Å²) < 4.78 is 31.9. The van der Waals surface area contributed by atoms with Gasteiger partial charge in [-0.05, 0) is 36.2 Å². The number of benzene rings is 1. The molecule has 26 heavy (non-hydrogen) atoms. The molecule has 0 spiro atoms. The third-order valence-corrected chi connectivity index (χ3v) is 6.14. The van der Waals surface area contributed by atoms with Crippen molar-refractivity contribution in [3.8, 4) is 0 Å². The first-order valence-corrected chi connectivity index (χ1v) is 10.4. The van der Waals surface area contributed by atoms with Crippen molar-refractivity contribution in [2.45, 2.75) is 32.1 Å². The van der Waals surface area contributed by atoms with Crippen LogP contribution in [0.3, 0.4) is 0 Å². The second-order valence-corrected chi connectivity index (χ2v) is 7.61. The molecule has 142 valence electrons. The van der Waals surface area contributed by atoms with Crippen molar-refractivity contribution in [2.75, 3.05) is 26.2 Å². The highest BCUT2D eigenvalue weighted by molar-refractivity contribution is 7.89. The van der Waals surface area contributed by atoms with E-state index in [0.717, 1.165) is 12.0 Å². The number of carbonyl (C=O) groups excluding carboxylic acids is 1. The van der Waals surface area contributed by atoms with E-state index in [2.05, 4.69) is 0 Å². The number of piperazine rings is 1. The van der Waals surface area contributed by atoms with Crippen LogP contribution in [0.2, 0.25) is 0 Å². The quantitative estimate of drug-likeness (QED) is 0.820. The molecule has 1 aliphatic rings. The molecule has 7 heteroatoms. The molecule has 0 unspecified atom stereocenters. The predicted molar refractivity (Wildman–Crippen MR) is 101 cm³/mol. The van der Waals surface area contributed by atoms with E-state index in [1.807, 2.05) is 32.9 Å². The lowest BCUT2D eigenvalue weighted by atomic mass is 10.2. The van der Waals surface area contributed by atoms with E-state index >= 15 is 0 Å².